The normalized spacial score (nSPS) is 12.3. The first-order valence-electron chi connectivity index (χ1n) is 6.90. The fourth-order valence-corrected chi connectivity index (χ4v) is 3.09. The minimum absolute atomic E-state index is 0.226. The van der Waals surface area contributed by atoms with Gasteiger partial charge in [-0.25, -0.2) is 4.98 Å². The molecule has 0 saturated heterocycles. The summed E-state index contributed by atoms with van der Waals surface area (Å²) >= 11 is 1.65. The summed E-state index contributed by atoms with van der Waals surface area (Å²) in [6.07, 6.45) is 3.90. The Morgan fingerprint density at radius 1 is 1.24 bits per heavy atom. The topological polar surface area (TPSA) is 42.7 Å². The van der Waals surface area contributed by atoms with Crippen LogP contribution in [0.15, 0.2) is 42.0 Å². The highest BCUT2D eigenvalue weighted by Gasteiger charge is 2.11. The van der Waals surface area contributed by atoms with Crippen LogP contribution in [0.25, 0.3) is 10.6 Å². The Morgan fingerprint density at radius 2 is 2.00 bits per heavy atom. The van der Waals surface area contributed by atoms with Crippen molar-refractivity contribution in [2.45, 2.75) is 19.9 Å². The minimum Gasteiger partial charge on any atom is -0.378 e. The van der Waals surface area contributed by atoms with Crippen LogP contribution in [0.2, 0.25) is 0 Å². The average Bonchev–Trinajstić information content (AvgIpc) is 3.09. The molecule has 1 atom stereocenters. The molecule has 3 aromatic rings. The Kier molecular flexibility index (Phi) is 3.75. The first-order valence-corrected chi connectivity index (χ1v) is 7.78. The van der Waals surface area contributed by atoms with E-state index in [1.54, 1.807) is 11.3 Å². The van der Waals surface area contributed by atoms with Gasteiger partial charge in [-0.2, -0.15) is 5.10 Å². The van der Waals surface area contributed by atoms with Crippen molar-refractivity contribution in [2.24, 2.45) is 7.05 Å². The van der Waals surface area contributed by atoms with Gasteiger partial charge in [-0.1, -0.05) is 0 Å². The average molecular weight is 298 g/mol. The van der Waals surface area contributed by atoms with Crippen LogP contribution in [-0.4, -0.2) is 14.8 Å². The van der Waals surface area contributed by atoms with Crippen LogP contribution in [0.1, 0.15) is 24.2 Å². The van der Waals surface area contributed by atoms with Crippen LogP contribution in [0, 0.1) is 6.92 Å². The number of nitrogens with one attached hydrogen (secondary N) is 1. The van der Waals surface area contributed by atoms with E-state index in [0.717, 1.165) is 22.0 Å². The number of thiazole rings is 1. The lowest BCUT2D eigenvalue weighted by atomic mass is 10.1. The van der Waals surface area contributed by atoms with E-state index in [0.29, 0.717) is 0 Å². The Hall–Kier alpha value is -2.14. The number of anilines is 1. The second kappa shape index (κ2) is 5.69. The molecule has 0 spiro atoms. The van der Waals surface area contributed by atoms with Crippen molar-refractivity contribution in [1.29, 1.82) is 0 Å². The molecule has 1 unspecified atom stereocenters. The summed E-state index contributed by atoms with van der Waals surface area (Å²) in [6.45, 7) is 4.19. The van der Waals surface area contributed by atoms with Gasteiger partial charge in [0.1, 0.15) is 5.01 Å². The lowest BCUT2D eigenvalue weighted by Gasteiger charge is -2.14. The summed E-state index contributed by atoms with van der Waals surface area (Å²) < 4.78 is 1.86. The van der Waals surface area contributed by atoms with Crippen LogP contribution in [0.4, 0.5) is 5.69 Å². The van der Waals surface area contributed by atoms with Gasteiger partial charge in [0.25, 0.3) is 0 Å². The summed E-state index contributed by atoms with van der Waals surface area (Å²) in [5.41, 5.74) is 4.55. The van der Waals surface area contributed by atoms with Crippen LogP contribution >= 0.6 is 11.3 Å². The Balaban J connectivity index is 1.74. The van der Waals surface area contributed by atoms with Crippen LogP contribution in [0.5, 0.6) is 0 Å². The van der Waals surface area contributed by atoms with E-state index in [1.807, 2.05) is 30.2 Å². The molecule has 0 bridgehead atoms. The summed E-state index contributed by atoms with van der Waals surface area (Å²) in [7, 11) is 1.95. The highest BCUT2D eigenvalue weighted by Crippen LogP contribution is 2.25. The molecular weight excluding hydrogens is 280 g/mol. The molecule has 0 saturated carbocycles. The maximum absolute atomic E-state index is 4.39. The molecule has 1 aromatic carbocycles. The van der Waals surface area contributed by atoms with E-state index in [2.05, 4.69) is 52.8 Å². The molecule has 21 heavy (non-hydrogen) atoms. The van der Waals surface area contributed by atoms with Gasteiger partial charge < -0.3 is 5.32 Å². The lowest BCUT2D eigenvalue weighted by Crippen LogP contribution is -2.06. The van der Waals surface area contributed by atoms with Crippen molar-refractivity contribution in [3.05, 3.63) is 53.3 Å². The molecule has 5 heteroatoms. The molecule has 0 aliphatic carbocycles. The molecule has 2 aromatic heterocycles. The van der Waals surface area contributed by atoms with Gasteiger partial charge in [-0.15, -0.1) is 11.3 Å². The van der Waals surface area contributed by atoms with Gasteiger partial charge >= 0.3 is 0 Å². The molecule has 0 aliphatic heterocycles. The predicted molar refractivity (Wildman–Crippen MR) is 87.5 cm³/mol. The zero-order valence-corrected chi connectivity index (χ0v) is 13.2. The molecule has 4 nitrogen and oxygen atoms in total. The maximum Gasteiger partial charge on any atom is 0.123 e. The number of hydrogen-bond donors (Lipinski definition) is 1. The summed E-state index contributed by atoms with van der Waals surface area (Å²) in [5.74, 6) is 0. The second-order valence-electron chi connectivity index (χ2n) is 5.12. The third-order valence-electron chi connectivity index (χ3n) is 3.47. The van der Waals surface area contributed by atoms with E-state index < -0.39 is 0 Å². The van der Waals surface area contributed by atoms with E-state index in [4.69, 9.17) is 0 Å². The third kappa shape index (κ3) is 2.97. The molecule has 0 fully saturated rings. The highest BCUT2D eigenvalue weighted by atomic mass is 32.1. The molecule has 1 N–H and O–H groups in total. The molecule has 0 amide bonds. The van der Waals surface area contributed by atoms with Gasteiger partial charge in [-0.3, -0.25) is 4.68 Å². The van der Waals surface area contributed by atoms with Gasteiger partial charge in [-0.05, 0) is 38.1 Å². The fourth-order valence-electron chi connectivity index (χ4n) is 2.45. The van der Waals surface area contributed by atoms with Crippen molar-refractivity contribution < 1.29 is 0 Å². The number of hydrogen-bond acceptors (Lipinski definition) is 4. The lowest BCUT2D eigenvalue weighted by molar-refractivity contribution is 0.756. The fraction of sp³-hybridized carbons (Fsp3) is 0.250. The highest BCUT2D eigenvalue weighted by molar-refractivity contribution is 7.13. The van der Waals surface area contributed by atoms with E-state index >= 15 is 0 Å². The standard InChI is InChI=1S/C16H18N4S/c1-11(15-10-20(3)19-12(15)2)18-14-6-4-13(5-7-14)16-17-8-9-21-16/h4-11,18H,1-3H3. The number of rotatable bonds is 4. The smallest absolute Gasteiger partial charge is 0.123 e. The third-order valence-corrected chi connectivity index (χ3v) is 4.29. The summed E-state index contributed by atoms with van der Waals surface area (Å²) in [6, 6.07) is 8.62. The molecule has 0 radical (unpaired) electrons. The van der Waals surface area contributed by atoms with Crippen molar-refractivity contribution in [3.63, 3.8) is 0 Å². The Bertz CT molecular complexity index is 713. The molecule has 108 valence electrons. The Labute approximate surface area is 128 Å². The van der Waals surface area contributed by atoms with Crippen LogP contribution in [-0.2, 0) is 7.05 Å². The van der Waals surface area contributed by atoms with Crippen LogP contribution in [0.3, 0.4) is 0 Å². The summed E-state index contributed by atoms with van der Waals surface area (Å²) in [4.78, 5) is 4.33. The second-order valence-corrected chi connectivity index (χ2v) is 6.02. The zero-order chi connectivity index (χ0) is 14.8. The van der Waals surface area contributed by atoms with E-state index in [1.165, 1.54) is 5.56 Å². The van der Waals surface area contributed by atoms with Gasteiger partial charge in [0.2, 0.25) is 0 Å². The van der Waals surface area contributed by atoms with Gasteiger partial charge in [0.05, 0.1) is 11.7 Å². The first-order chi connectivity index (χ1) is 10.1. The molecule has 0 aliphatic rings. The minimum atomic E-state index is 0.226. The largest absolute Gasteiger partial charge is 0.378 e. The summed E-state index contributed by atoms with van der Waals surface area (Å²) in [5, 5.41) is 11.0. The zero-order valence-electron chi connectivity index (χ0n) is 12.4. The Morgan fingerprint density at radius 3 is 2.57 bits per heavy atom. The van der Waals surface area contributed by atoms with Crippen molar-refractivity contribution >= 4 is 17.0 Å². The van der Waals surface area contributed by atoms with Crippen molar-refractivity contribution in [1.82, 2.24) is 14.8 Å². The first kappa shape index (κ1) is 13.8. The quantitative estimate of drug-likeness (QED) is 0.791. The van der Waals surface area contributed by atoms with Crippen LogP contribution < -0.4 is 5.32 Å². The van der Waals surface area contributed by atoms with E-state index in [-0.39, 0.29) is 6.04 Å². The maximum atomic E-state index is 4.39. The number of aromatic nitrogens is 3. The van der Waals surface area contributed by atoms with Gasteiger partial charge in [0.15, 0.2) is 0 Å². The number of benzene rings is 1. The molecule has 3 rings (SSSR count). The van der Waals surface area contributed by atoms with Crippen molar-refractivity contribution in [2.75, 3.05) is 5.32 Å². The SMILES string of the molecule is Cc1nn(C)cc1C(C)Nc1ccc(-c2nccs2)cc1. The molecule has 2 heterocycles. The molecular formula is C16H18N4S. The predicted octanol–water partition coefficient (Wildman–Crippen LogP) is 4.03. The van der Waals surface area contributed by atoms with Gasteiger partial charge in [0, 0.05) is 41.6 Å². The van der Waals surface area contributed by atoms with Crippen molar-refractivity contribution in [3.8, 4) is 10.6 Å². The monoisotopic (exact) mass is 298 g/mol. The van der Waals surface area contributed by atoms with E-state index in [9.17, 15) is 0 Å². The number of nitrogens with zero attached hydrogens (tertiary/aromatic N) is 3. The number of aryl methyl sites for hydroxylation is 2.